The maximum Gasteiger partial charge on any atom is 0.303 e. The lowest BCUT2D eigenvalue weighted by Crippen LogP contribution is -2.26. The second-order valence-corrected chi connectivity index (χ2v) is 5.36. The van der Waals surface area contributed by atoms with Crippen molar-refractivity contribution in [3.05, 3.63) is 17.0 Å². The Hall–Kier alpha value is -1.85. The number of carboxylic acid groups (broad SMARTS) is 1. The Labute approximate surface area is 125 Å². The number of carbonyl (C=O) groups is 2. The molecule has 0 aromatic carbocycles. The van der Waals surface area contributed by atoms with Crippen LogP contribution < -0.4 is 5.32 Å². The van der Waals surface area contributed by atoms with Gasteiger partial charge >= 0.3 is 5.97 Å². The summed E-state index contributed by atoms with van der Waals surface area (Å²) in [7, 11) is 1.88. The lowest BCUT2D eigenvalue weighted by Gasteiger charge is -2.05. The number of nitrogens with one attached hydrogen (secondary N) is 1. The van der Waals surface area contributed by atoms with Crippen molar-refractivity contribution in [2.45, 2.75) is 52.4 Å². The van der Waals surface area contributed by atoms with Gasteiger partial charge in [-0.25, -0.2) is 0 Å². The molecule has 0 unspecified atom stereocenters. The van der Waals surface area contributed by atoms with Gasteiger partial charge in [0.05, 0.1) is 12.1 Å². The maximum atomic E-state index is 11.9. The van der Waals surface area contributed by atoms with E-state index in [0.29, 0.717) is 19.4 Å². The van der Waals surface area contributed by atoms with Crippen molar-refractivity contribution in [3.63, 3.8) is 0 Å². The zero-order chi connectivity index (χ0) is 15.8. The summed E-state index contributed by atoms with van der Waals surface area (Å²) in [5, 5.41) is 15.7. The second-order valence-electron chi connectivity index (χ2n) is 5.36. The summed E-state index contributed by atoms with van der Waals surface area (Å²) in [6.07, 6.45) is 4.02. The lowest BCUT2D eigenvalue weighted by atomic mass is 10.1. The minimum Gasteiger partial charge on any atom is -0.481 e. The van der Waals surface area contributed by atoms with Crippen LogP contribution in [0.25, 0.3) is 0 Å². The number of nitrogens with zero attached hydrogens (tertiary/aromatic N) is 2. The Morgan fingerprint density at radius 1 is 1.19 bits per heavy atom. The first-order chi connectivity index (χ1) is 9.91. The molecule has 118 valence electrons. The molecule has 0 fully saturated rings. The molecule has 1 rings (SSSR count). The van der Waals surface area contributed by atoms with Gasteiger partial charge < -0.3 is 10.4 Å². The molecule has 0 saturated carbocycles. The van der Waals surface area contributed by atoms with Gasteiger partial charge in [0.15, 0.2) is 0 Å². The Balaban J connectivity index is 2.18. The zero-order valence-corrected chi connectivity index (χ0v) is 13.1. The smallest absolute Gasteiger partial charge is 0.303 e. The van der Waals surface area contributed by atoms with E-state index in [2.05, 4.69) is 10.4 Å². The van der Waals surface area contributed by atoms with E-state index in [-0.39, 0.29) is 12.3 Å². The second kappa shape index (κ2) is 8.44. The standard InChI is InChI=1S/C15H25N3O3/c1-11-13(12(2)18(3)17-11)10-14(19)16-9-7-5-4-6-8-15(20)21/h4-10H2,1-3H3,(H,16,19)(H,20,21). The number of aliphatic carboxylic acids is 1. The summed E-state index contributed by atoms with van der Waals surface area (Å²) in [5.74, 6) is -0.731. The average molecular weight is 295 g/mol. The minimum absolute atomic E-state index is 0.0136. The van der Waals surface area contributed by atoms with Gasteiger partial charge in [0.2, 0.25) is 5.91 Å². The summed E-state index contributed by atoms with van der Waals surface area (Å²) in [5.41, 5.74) is 2.92. The van der Waals surface area contributed by atoms with Crippen molar-refractivity contribution >= 4 is 11.9 Å². The van der Waals surface area contributed by atoms with Crippen molar-refractivity contribution in [2.24, 2.45) is 7.05 Å². The van der Waals surface area contributed by atoms with Crippen LogP contribution in [0.4, 0.5) is 0 Å². The van der Waals surface area contributed by atoms with Gasteiger partial charge in [-0.2, -0.15) is 5.10 Å². The molecule has 1 heterocycles. The van der Waals surface area contributed by atoms with Crippen LogP contribution in [0, 0.1) is 13.8 Å². The van der Waals surface area contributed by atoms with Crippen LogP contribution in [0.15, 0.2) is 0 Å². The third-order valence-corrected chi connectivity index (χ3v) is 3.64. The predicted octanol–water partition coefficient (Wildman–Crippen LogP) is 1.73. The van der Waals surface area contributed by atoms with Crippen molar-refractivity contribution < 1.29 is 14.7 Å². The third kappa shape index (κ3) is 5.97. The Morgan fingerprint density at radius 2 is 1.86 bits per heavy atom. The molecule has 0 saturated heterocycles. The molecule has 0 spiro atoms. The highest BCUT2D eigenvalue weighted by molar-refractivity contribution is 5.79. The molecular weight excluding hydrogens is 270 g/mol. The van der Waals surface area contributed by atoms with E-state index in [4.69, 9.17) is 5.11 Å². The predicted molar refractivity (Wildman–Crippen MR) is 80.1 cm³/mol. The van der Waals surface area contributed by atoms with Crippen LogP contribution in [-0.4, -0.2) is 33.3 Å². The van der Waals surface area contributed by atoms with Crippen molar-refractivity contribution in [3.8, 4) is 0 Å². The van der Waals surface area contributed by atoms with Gasteiger partial charge in [0, 0.05) is 31.3 Å². The summed E-state index contributed by atoms with van der Waals surface area (Å²) < 4.78 is 1.79. The minimum atomic E-state index is -0.745. The molecule has 2 N–H and O–H groups in total. The van der Waals surface area contributed by atoms with Gasteiger partial charge in [-0.3, -0.25) is 14.3 Å². The van der Waals surface area contributed by atoms with Crippen LogP contribution in [-0.2, 0) is 23.1 Å². The third-order valence-electron chi connectivity index (χ3n) is 3.64. The summed E-state index contributed by atoms with van der Waals surface area (Å²) in [4.78, 5) is 22.2. The number of aryl methyl sites for hydroxylation is 2. The highest BCUT2D eigenvalue weighted by Crippen LogP contribution is 2.12. The Bertz CT molecular complexity index is 495. The summed E-state index contributed by atoms with van der Waals surface area (Å²) in [6, 6.07) is 0. The molecule has 0 aliphatic carbocycles. The molecule has 1 aromatic heterocycles. The largest absolute Gasteiger partial charge is 0.481 e. The van der Waals surface area contributed by atoms with Crippen LogP contribution in [0.1, 0.15) is 49.1 Å². The number of carboxylic acids is 1. The molecule has 0 radical (unpaired) electrons. The van der Waals surface area contributed by atoms with E-state index in [0.717, 1.165) is 36.2 Å². The highest BCUT2D eigenvalue weighted by Gasteiger charge is 2.12. The molecule has 21 heavy (non-hydrogen) atoms. The van der Waals surface area contributed by atoms with E-state index in [1.807, 2.05) is 20.9 Å². The number of rotatable bonds is 9. The molecule has 0 bridgehead atoms. The van der Waals surface area contributed by atoms with Crippen molar-refractivity contribution in [1.82, 2.24) is 15.1 Å². The first-order valence-electron chi connectivity index (χ1n) is 7.39. The maximum absolute atomic E-state index is 11.9. The number of unbranched alkanes of at least 4 members (excludes halogenated alkanes) is 3. The topological polar surface area (TPSA) is 84.2 Å². The van der Waals surface area contributed by atoms with E-state index in [9.17, 15) is 9.59 Å². The zero-order valence-electron chi connectivity index (χ0n) is 13.1. The van der Waals surface area contributed by atoms with Crippen molar-refractivity contribution in [2.75, 3.05) is 6.54 Å². The Morgan fingerprint density at radius 3 is 2.43 bits per heavy atom. The monoisotopic (exact) mass is 295 g/mol. The number of hydrogen-bond donors (Lipinski definition) is 2. The van der Waals surface area contributed by atoms with Gasteiger partial charge in [0.1, 0.15) is 0 Å². The normalized spacial score (nSPS) is 10.6. The quantitative estimate of drug-likeness (QED) is 0.680. The fourth-order valence-corrected chi connectivity index (χ4v) is 2.28. The van der Waals surface area contributed by atoms with Crippen LogP contribution in [0.5, 0.6) is 0 Å². The average Bonchev–Trinajstić information content (AvgIpc) is 2.64. The number of aromatic nitrogens is 2. The van der Waals surface area contributed by atoms with E-state index >= 15 is 0 Å². The lowest BCUT2D eigenvalue weighted by molar-refractivity contribution is -0.137. The highest BCUT2D eigenvalue weighted by atomic mass is 16.4. The van der Waals surface area contributed by atoms with E-state index < -0.39 is 5.97 Å². The molecule has 0 aliphatic rings. The van der Waals surface area contributed by atoms with Gasteiger partial charge in [-0.05, 0) is 26.7 Å². The molecule has 6 nitrogen and oxygen atoms in total. The fourth-order valence-electron chi connectivity index (χ4n) is 2.28. The molecule has 6 heteroatoms. The van der Waals surface area contributed by atoms with Gasteiger partial charge in [-0.15, -0.1) is 0 Å². The SMILES string of the molecule is Cc1nn(C)c(C)c1CC(=O)NCCCCCCC(=O)O. The first-order valence-corrected chi connectivity index (χ1v) is 7.39. The molecule has 0 atom stereocenters. The fraction of sp³-hybridized carbons (Fsp3) is 0.667. The van der Waals surface area contributed by atoms with E-state index in [1.54, 1.807) is 4.68 Å². The Kier molecular flexibility index (Phi) is 6.91. The van der Waals surface area contributed by atoms with Crippen LogP contribution >= 0.6 is 0 Å². The number of amides is 1. The van der Waals surface area contributed by atoms with Crippen LogP contribution in [0.2, 0.25) is 0 Å². The number of carbonyl (C=O) groups excluding carboxylic acids is 1. The van der Waals surface area contributed by atoms with E-state index in [1.165, 1.54) is 0 Å². The first kappa shape index (κ1) is 17.2. The molecule has 1 aromatic rings. The van der Waals surface area contributed by atoms with Crippen LogP contribution in [0.3, 0.4) is 0 Å². The molecule has 0 aliphatic heterocycles. The molecular formula is C15H25N3O3. The van der Waals surface area contributed by atoms with Crippen molar-refractivity contribution in [1.29, 1.82) is 0 Å². The summed E-state index contributed by atoms with van der Waals surface area (Å²) in [6.45, 7) is 4.52. The molecule has 1 amide bonds. The summed E-state index contributed by atoms with van der Waals surface area (Å²) >= 11 is 0. The van der Waals surface area contributed by atoms with Gasteiger partial charge in [0.25, 0.3) is 0 Å². The number of hydrogen-bond acceptors (Lipinski definition) is 3. The van der Waals surface area contributed by atoms with Gasteiger partial charge in [-0.1, -0.05) is 12.8 Å².